The fourth-order valence-corrected chi connectivity index (χ4v) is 4.53. The quantitative estimate of drug-likeness (QED) is 0.350. The van der Waals surface area contributed by atoms with E-state index in [1.165, 1.54) is 4.68 Å². The third-order valence-electron chi connectivity index (χ3n) is 6.70. The number of piperazine rings is 1. The lowest BCUT2D eigenvalue weighted by molar-refractivity contribution is 0.0522. The van der Waals surface area contributed by atoms with Crippen molar-refractivity contribution in [3.8, 4) is 5.75 Å². The van der Waals surface area contributed by atoms with Crippen molar-refractivity contribution in [3.05, 3.63) is 83.9 Å². The molecule has 1 aromatic heterocycles. The molecule has 9 heteroatoms. The van der Waals surface area contributed by atoms with Gasteiger partial charge in [0.15, 0.2) is 5.82 Å². The van der Waals surface area contributed by atoms with Gasteiger partial charge in [-0.3, -0.25) is 4.79 Å². The summed E-state index contributed by atoms with van der Waals surface area (Å²) in [5.41, 5.74) is 2.37. The van der Waals surface area contributed by atoms with Crippen molar-refractivity contribution in [2.45, 2.75) is 33.0 Å². The summed E-state index contributed by atoms with van der Waals surface area (Å²) in [6.45, 7) is 9.67. The van der Waals surface area contributed by atoms with Crippen LogP contribution in [0.2, 0.25) is 0 Å². The average molecular weight is 542 g/mol. The molecule has 2 heterocycles. The van der Waals surface area contributed by atoms with Gasteiger partial charge in [-0.2, -0.15) is 4.68 Å². The van der Waals surface area contributed by atoms with E-state index >= 15 is 0 Å². The highest BCUT2D eigenvalue weighted by atomic mass is 16.6. The van der Waals surface area contributed by atoms with Gasteiger partial charge in [0.25, 0.3) is 5.91 Å². The van der Waals surface area contributed by atoms with Crippen molar-refractivity contribution in [1.29, 1.82) is 0 Å². The maximum atomic E-state index is 13.2. The van der Waals surface area contributed by atoms with E-state index in [9.17, 15) is 9.59 Å². The number of nitrogens with one attached hydrogen (secondary N) is 1. The van der Waals surface area contributed by atoms with Crippen molar-refractivity contribution in [2.75, 3.05) is 43.4 Å². The van der Waals surface area contributed by atoms with Gasteiger partial charge >= 0.3 is 6.09 Å². The van der Waals surface area contributed by atoms with E-state index in [1.807, 2.05) is 54.6 Å². The largest absolute Gasteiger partial charge is 0.489 e. The molecule has 0 bridgehead atoms. The summed E-state index contributed by atoms with van der Waals surface area (Å²) in [6, 6.07) is 22.7. The summed E-state index contributed by atoms with van der Waals surface area (Å²) in [7, 11) is 2.12. The first-order chi connectivity index (χ1) is 19.2. The number of amides is 1. The summed E-state index contributed by atoms with van der Waals surface area (Å²) < 4.78 is 12.7. The predicted molar refractivity (Wildman–Crippen MR) is 156 cm³/mol. The Bertz CT molecular complexity index is 1480. The molecule has 9 nitrogen and oxygen atoms in total. The number of carbonyl (C=O) groups excluding carboxylic acids is 2. The number of anilines is 2. The number of nitrogens with zero attached hydrogens (tertiary/aromatic N) is 4. The highest BCUT2D eigenvalue weighted by Gasteiger charge is 2.24. The molecule has 0 radical (unpaired) electrons. The zero-order chi connectivity index (χ0) is 28.3. The smallest absolute Gasteiger partial charge is 0.435 e. The summed E-state index contributed by atoms with van der Waals surface area (Å²) in [5.74, 6) is 0.520. The Labute approximate surface area is 234 Å². The number of hydrogen-bond acceptors (Lipinski definition) is 7. The van der Waals surface area contributed by atoms with Crippen LogP contribution in [0.15, 0.2) is 72.8 Å². The highest BCUT2D eigenvalue weighted by molar-refractivity contribution is 6.09. The van der Waals surface area contributed by atoms with Crippen LogP contribution in [0.25, 0.3) is 10.9 Å². The second-order valence-corrected chi connectivity index (χ2v) is 11.0. The molecule has 40 heavy (non-hydrogen) atoms. The van der Waals surface area contributed by atoms with Gasteiger partial charge in [-0.25, -0.2) is 4.79 Å². The van der Waals surface area contributed by atoms with E-state index in [1.54, 1.807) is 39.0 Å². The number of benzene rings is 3. The molecule has 1 aliphatic rings. The summed E-state index contributed by atoms with van der Waals surface area (Å²) in [6.07, 6.45) is -0.644. The van der Waals surface area contributed by atoms with Crippen LogP contribution in [0.3, 0.4) is 0 Å². The number of aromatic nitrogens is 2. The Kier molecular flexibility index (Phi) is 7.75. The van der Waals surface area contributed by atoms with E-state index in [-0.39, 0.29) is 11.7 Å². The Morgan fingerprint density at radius 2 is 1.62 bits per heavy atom. The molecule has 208 valence electrons. The molecule has 5 rings (SSSR count). The van der Waals surface area contributed by atoms with Crippen LogP contribution >= 0.6 is 0 Å². The number of fused-ring (bicyclic) bond motifs is 1. The molecule has 1 saturated heterocycles. The molecule has 0 atom stereocenters. The molecule has 0 aliphatic carbocycles. The minimum absolute atomic E-state index is 0.267. The van der Waals surface area contributed by atoms with Crippen LogP contribution < -0.4 is 15.0 Å². The number of carbonyl (C=O) groups is 2. The van der Waals surface area contributed by atoms with E-state index in [2.05, 4.69) is 27.3 Å². The average Bonchev–Trinajstić information content (AvgIpc) is 3.30. The van der Waals surface area contributed by atoms with E-state index < -0.39 is 11.7 Å². The molecular weight excluding hydrogens is 506 g/mol. The maximum Gasteiger partial charge on any atom is 0.435 e. The molecule has 0 spiro atoms. The minimum atomic E-state index is -0.717. The first-order valence-electron chi connectivity index (χ1n) is 13.4. The van der Waals surface area contributed by atoms with Crippen LogP contribution in [0.4, 0.5) is 16.3 Å². The van der Waals surface area contributed by atoms with E-state index in [0.29, 0.717) is 28.8 Å². The van der Waals surface area contributed by atoms with Crippen molar-refractivity contribution in [1.82, 2.24) is 14.7 Å². The molecule has 4 aromatic rings. The zero-order valence-electron chi connectivity index (χ0n) is 23.4. The van der Waals surface area contributed by atoms with Crippen LogP contribution in [0.1, 0.15) is 36.7 Å². The topological polar surface area (TPSA) is 88.9 Å². The lowest BCUT2D eigenvalue weighted by Gasteiger charge is -2.34. The number of ether oxygens (including phenoxy) is 2. The van der Waals surface area contributed by atoms with Gasteiger partial charge in [-0.15, -0.1) is 5.10 Å². The summed E-state index contributed by atoms with van der Waals surface area (Å²) >= 11 is 0. The normalized spacial score (nSPS) is 14.2. The first kappa shape index (κ1) is 27.2. The third kappa shape index (κ3) is 6.43. The fourth-order valence-electron chi connectivity index (χ4n) is 4.53. The van der Waals surface area contributed by atoms with Crippen molar-refractivity contribution in [2.24, 2.45) is 0 Å². The third-order valence-corrected chi connectivity index (χ3v) is 6.70. The van der Waals surface area contributed by atoms with Gasteiger partial charge in [0.1, 0.15) is 18.0 Å². The molecule has 1 aliphatic heterocycles. The van der Waals surface area contributed by atoms with Gasteiger partial charge in [0.2, 0.25) is 0 Å². The van der Waals surface area contributed by atoms with Gasteiger partial charge in [0.05, 0.1) is 5.52 Å². The van der Waals surface area contributed by atoms with E-state index in [0.717, 1.165) is 37.4 Å². The van der Waals surface area contributed by atoms with Crippen molar-refractivity contribution in [3.63, 3.8) is 0 Å². The van der Waals surface area contributed by atoms with Gasteiger partial charge < -0.3 is 24.6 Å². The molecule has 1 amide bonds. The van der Waals surface area contributed by atoms with Crippen molar-refractivity contribution < 1.29 is 19.1 Å². The fraction of sp³-hybridized carbons (Fsp3) is 0.323. The molecule has 1 N–H and O–H groups in total. The lowest BCUT2D eigenvalue weighted by atomic mass is 10.1. The Balaban J connectivity index is 1.38. The Morgan fingerprint density at radius 1 is 0.925 bits per heavy atom. The maximum absolute atomic E-state index is 13.2. The SMILES string of the molecule is CN1CCN(c2ccc(C(=O)Nc3nn(C(=O)OC(C)(C)C)c4cc(OCc5ccccc5)ccc34)cc2)CC1. The molecule has 0 saturated carbocycles. The summed E-state index contributed by atoms with van der Waals surface area (Å²) in [4.78, 5) is 30.9. The number of likely N-dealkylation sites (N-methyl/N-ethyl adjacent to an activating group) is 1. The van der Waals surface area contributed by atoms with Crippen LogP contribution in [0, 0.1) is 0 Å². The molecule has 3 aromatic carbocycles. The molecule has 1 fully saturated rings. The highest BCUT2D eigenvalue weighted by Crippen LogP contribution is 2.29. The number of hydrogen-bond donors (Lipinski definition) is 1. The van der Waals surface area contributed by atoms with Crippen LogP contribution in [-0.4, -0.2) is 65.5 Å². The molecule has 0 unspecified atom stereocenters. The lowest BCUT2D eigenvalue weighted by Crippen LogP contribution is -2.44. The van der Waals surface area contributed by atoms with Gasteiger partial charge in [-0.05, 0) is 69.8 Å². The standard InChI is InChI=1S/C31H35N5O4/c1-31(2,3)40-30(38)36-27-20-25(39-21-22-8-6-5-7-9-22)14-15-26(27)28(33-36)32-29(37)23-10-12-24(13-11-23)35-18-16-34(4)17-19-35/h5-15,20H,16-19,21H2,1-4H3,(H,32,33,37). The second kappa shape index (κ2) is 11.4. The Hall–Kier alpha value is -4.37. The first-order valence-corrected chi connectivity index (χ1v) is 13.4. The predicted octanol–water partition coefficient (Wildman–Crippen LogP) is 5.40. The second-order valence-electron chi connectivity index (χ2n) is 11.0. The van der Waals surface area contributed by atoms with Crippen LogP contribution in [-0.2, 0) is 11.3 Å². The minimum Gasteiger partial charge on any atom is -0.489 e. The molecular formula is C31H35N5O4. The number of rotatable bonds is 6. The van der Waals surface area contributed by atoms with Crippen molar-refractivity contribution >= 4 is 34.4 Å². The monoisotopic (exact) mass is 541 g/mol. The Morgan fingerprint density at radius 3 is 2.30 bits per heavy atom. The zero-order valence-corrected chi connectivity index (χ0v) is 23.4. The van der Waals surface area contributed by atoms with Gasteiger partial charge in [0, 0.05) is 48.9 Å². The van der Waals surface area contributed by atoms with E-state index in [4.69, 9.17) is 9.47 Å². The summed E-state index contributed by atoms with van der Waals surface area (Å²) in [5, 5.41) is 7.92. The van der Waals surface area contributed by atoms with Gasteiger partial charge in [-0.1, -0.05) is 30.3 Å². The van der Waals surface area contributed by atoms with Crippen LogP contribution in [0.5, 0.6) is 5.75 Å².